The Morgan fingerprint density at radius 2 is 1.91 bits per heavy atom. The summed E-state index contributed by atoms with van der Waals surface area (Å²) in [6, 6.07) is 0. The van der Waals surface area contributed by atoms with Crippen LogP contribution in [0.1, 0.15) is 40.5 Å². The average molecular weight is 152 g/mol. The van der Waals surface area contributed by atoms with Crippen molar-refractivity contribution >= 4 is 0 Å². The molecule has 0 aromatic heterocycles. The van der Waals surface area contributed by atoms with E-state index >= 15 is 0 Å². The smallest absolute Gasteiger partial charge is 0.0227 e. The topological polar surface area (TPSA) is 0 Å². The van der Waals surface area contributed by atoms with Gasteiger partial charge in [0.25, 0.3) is 0 Å². The summed E-state index contributed by atoms with van der Waals surface area (Å²) in [5.74, 6) is 4.36. The predicted octanol–water partition coefficient (Wildman–Crippen LogP) is 3.32. The molecule has 2 rings (SSSR count). The van der Waals surface area contributed by atoms with Crippen molar-refractivity contribution in [2.75, 3.05) is 0 Å². The van der Waals surface area contributed by atoms with Crippen LogP contribution in [0.5, 0.6) is 0 Å². The van der Waals surface area contributed by atoms with Crippen LogP contribution in [0.4, 0.5) is 0 Å². The van der Waals surface area contributed by atoms with E-state index < -0.39 is 0 Å². The molecule has 0 aromatic rings. The van der Waals surface area contributed by atoms with Gasteiger partial charge in [0, 0.05) is 0 Å². The minimum Gasteiger partial charge on any atom is -0.0651 e. The second-order valence-corrected chi connectivity index (χ2v) is 4.82. The number of hydrogen-bond donors (Lipinski definition) is 0. The molecule has 5 unspecified atom stereocenters. The lowest BCUT2D eigenvalue weighted by Gasteiger charge is -2.19. The van der Waals surface area contributed by atoms with Crippen LogP contribution in [0.25, 0.3) is 0 Å². The van der Waals surface area contributed by atoms with E-state index in [0.29, 0.717) is 0 Å². The zero-order valence-corrected chi connectivity index (χ0v) is 8.22. The summed E-state index contributed by atoms with van der Waals surface area (Å²) in [7, 11) is 0. The molecule has 0 saturated heterocycles. The fourth-order valence-electron chi connectivity index (χ4n) is 3.56. The molecule has 0 bridgehead atoms. The fourth-order valence-corrected chi connectivity index (χ4v) is 3.56. The molecule has 2 aliphatic rings. The summed E-state index contributed by atoms with van der Waals surface area (Å²) in [5.41, 5.74) is 0.824. The molecule has 2 saturated carbocycles. The van der Waals surface area contributed by atoms with Crippen molar-refractivity contribution in [2.45, 2.75) is 40.5 Å². The first-order valence-corrected chi connectivity index (χ1v) is 5.17. The third-order valence-corrected chi connectivity index (χ3v) is 4.53. The van der Waals surface area contributed by atoms with Crippen molar-refractivity contribution in [1.82, 2.24) is 0 Å². The highest BCUT2D eigenvalue weighted by Crippen LogP contribution is 2.86. The van der Waals surface area contributed by atoms with Crippen LogP contribution in [0.15, 0.2) is 0 Å². The molecular formula is C11H20. The second-order valence-electron chi connectivity index (χ2n) is 4.82. The van der Waals surface area contributed by atoms with Crippen LogP contribution < -0.4 is 0 Å². The SMILES string of the molecule is CCC(C)C1C2C(CC)C12C. The van der Waals surface area contributed by atoms with Crippen LogP contribution in [-0.2, 0) is 0 Å². The molecule has 0 spiro atoms. The maximum atomic E-state index is 2.50. The van der Waals surface area contributed by atoms with Crippen molar-refractivity contribution in [3.8, 4) is 0 Å². The van der Waals surface area contributed by atoms with E-state index in [9.17, 15) is 0 Å². The Morgan fingerprint density at radius 1 is 1.36 bits per heavy atom. The Balaban J connectivity index is 1.90. The van der Waals surface area contributed by atoms with Gasteiger partial charge in [0.05, 0.1) is 0 Å². The van der Waals surface area contributed by atoms with Crippen molar-refractivity contribution in [3.63, 3.8) is 0 Å². The van der Waals surface area contributed by atoms with Gasteiger partial charge in [-0.3, -0.25) is 0 Å². The average Bonchev–Trinajstić information content (AvgIpc) is 2.76. The largest absolute Gasteiger partial charge is 0.0651 e. The molecule has 0 nitrogen and oxygen atoms in total. The van der Waals surface area contributed by atoms with E-state index in [1.807, 2.05) is 0 Å². The van der Waals surface area contributed by atoms with E-state index in [4.69, 9.17) is 0 Å². The van der Waals surface area contributed by atoms with Gasteiger partial charge in [0.2, 0.25) is 0 Å². The van der Waals surface area contributed by atoms with Crippen LogP contribution >= 0.6 is 0 Å². The van der Waals surface area contributed by atoms with Crippen molar-refractivity contribution in [1.29, 1.82) is 0 Å². The minimum atomic E-state index is 0.824. The molecule has 5 atom stereocenters. The Hall–Kier alpha value is 0. The molecule has 0 aliphatic heterocycles. The molecule has 2 fully saturated rings. The zero-order chi connectivity index (χ0) is 8.22. The summed E-state index contributed by atoms with van der Waals surface area (Å²) < 4.78 is 0. The third-order valence-electron chi connectivity index (χ3n) is 4.53. The highest BCUT2D eigenvalue weighted by Gasteiger charge is 2.82. The second kappa shape index (κ2) is 2.02. The molecular weight excluding hydrogens is 132 g/mol. The molecule has 2 aliphatic carbocycles. The standard InChI is InChI=1S/C11H20/c1-5-7(3)9-10-8(6-2)11(9,10)4/h7-10H,5-6H2,1-4H3. The molecule has 0 amide bonds. The lowest BCUT2D eigenvalue weighted by Crippen LogP contribution is -2.13. The van der Waals surface area contributed by atoms with E-state index in [1.54, 1.807) is 0 Å². The number of rotatable bonds is 3. The van der Waals surface area contributed by atoms with Crippen LogP contribution in [0.3, 0.4) is 0 Å². The van der Waals surface area contributed by atoms with Gasteiger partial charge in [0.1, 0.15) is 0 Å². The first-order chi connectivity index (χ1) is 5.17. The minimum absolute atomic E-state index is 0.824. The Morgan fingerprint density at radius 3 is 2.27 bits per heavy atom. The van der Waals surface area contributed by atoms with Crippen LogP contribution in [0, 0.1) is 29.1 Å². The summed E-state index contributed by atoms with van der Waals surface area (Å²) in [6.07, 6.45) is 2.81. The normalized spacial score (nSPS) is 55.1. The molecule has 0 aromatic carbocycles. The van der Waals surface area contributed by atoms with Gasteiger partial charge in [0.15, 0.2) is 0 Å². The third kappa shape index (κ3) is 0.711. The van der Waals surface area contributed by atoms with Crippen LogP contribution in [-0.4, -0.2) is 0 Å². The van der Waals surface area contributed by atoms with Gasteiger partial charge in [-0.25, -0.2) is 0 Å². The van der Waals surface area contributed by atoms with Gasteiger partial charge in [-0.15, -0.1) is 0 Å². The fraction of sp³-hybridized carbons (Fsp3) is 1.00. The predicted molar refractivity (Wildman–Crippen MR) is 48.3 cm³/mol. The molecule has 64 valence electrons. The Kier molecular flexibility index (Phi) is 1.41. The first-order valence-electron chi connectivity index (χ1n) is 5.17. The lowest BCUT2D eigenvalue weighted by molar-refractivity contribution is 0.290. The van der Waals surface area contributed by atoms with Gasteiger partial charge < -0.3 is 0 Å². The summed E-state index contributed by atoms with van der Waals surface area (Å²) in [5, 5.41) is 0. The highest BCUT2D eigenvalue weighted by atomic mass is 14.9. The van der Waals surface area contributed by atoms with E-state index in [0.717, 1.165) is 29.1 Å². The first kappa shape index (κ1) is 7.64. The molecule has 11 heavy (non-hydrogen) atoms. The van der Waals surface area contributed by atoms with Gasteiger partial charge >= 0.3 is 0 Å². The van der Waals surface area contributed by atoms with Crippen LogP contribution in [0.2, 0.25) is 0 Å². The van der Waals surface area contributed by atoms with Crippen molar-refractivity contribution < 1.29 is 0 Å². The van der Waals surface area contributed by atoms with E-state index in [2.05, 4.69) is 27.7 Å². The van der Waals surface area contributed by atoms with E-state index in [1.165, 1.54) is 12.8 Å². The summed E-state index contributed by atoms with van der Waals surface area (Å²) in [6.45, 7) is 9.60. The van der Waals surface area contributed by atoms with Gasteiger partial charge in [-0.2, -0.15) is 0 Å². The quantitative estimate of drug-likeness (QED) is 0.582. The van der Waals surface area contributed by atoms with Gasteiger partial charge in [-0.05, 0) is 29.1 Å². The maximum absolute atomic E-state index is 2.50. The molecule has 0 heteroatoms. The monoisotopic (exact) mass is 152 g/mol. The molecule has 0 N–H and O–H groups in total. The molecule has 0 radical (unpaired) electrons. The van der Waals surface area contributed by atoms with Gasteiger partial charge in [-0.1, -0.05) is 40.5 Å². The highest BCUT2D eigenvalue weighted by molar-refractivity contribution is 5.29. The number of hydrogen-bond acceptors (Lipinski definition) is 0. The van der Waals surface area contributed by atoms with Crippen molar-refractivity contribution in [3.05, 3.63) is 0 Å². The lowest BCUT2D eigenvalue weighted by atomic mass is 9.85. The summed E-state index contributed by atoms with van der Waals surface area (Å²) in [4.78, 5) is 0. The maximum Gasteiger partial charge on any atom is -0.0227 e. The van der Waals surface area contributed by atoms with E-state index in [-0.39, 0.29) is 0 Å². The Bertz CT molecular complexity index is 173. The zero-order valence-electron chi connectivity index (χ0n) is 8.22. The van der Waals surface area contributed by atoms with Crippen molar-refractivity contribution in [2.24, 2.45) is 29.1 Å². The molecule has 0 heterocycles. The Labute approximate surface area is 70.4 Å². The summed E-state index contributed by atoms with van der Waals surface area (Å²) >= 11 is 0. The number of fused-ring (bicyclic) bond motifs is 1.